The van der Waals surface area contributed by atoms with E-state index in [1.165, 1.54) is 26.5 Å². The molecular formula is C16H17NO5. The van der Waals surface area contributed by atoms with Gasteiger partial charge in [-0.15, -0.1) is 0 Å². The summed E-state index contributed by atoms with van der Waals surface area (Å²) in [4.78, 5) is 23.1. The summed E-state index contributed by atoms with van der Waals surface area (Å²) in [6, 6.07) is 5.37. The highest BCUT2D eigenvalue weighted by atomic mass is 16.5. The molecule has 1 heterocycles. The van der Waals surface area contributed by atoms with Gasteiger partial charge in [-0.2, -0.15) is 0 Å². The molecule has 0 aliphatic heterocycles. The van der Waals surface area contributed by atoms with Crippen LogP contribution in [0.5, 0.6) is 5.75 Å². The van der Waals surface area contributed by atoms with Crippen LogP contribution in [-0.4, -0.2) is 37.3 Å². The third-order valence-corrected chi connectivity index (χ3v) is 3.09. The highest BCUT2D eigenvalue weighted by Gasteiger charge is 2.15. The van der Waals surface area contributed by atoms with Crippen LogP contribution in [0.4, 0.5) is 0 Å². The number of nitrogens with zero attached hydrogens (tertiary/aromatic N) is 1. The molecule has 0 atom stereocenters. The number of rotatable bonds is 5. The van der Waals surface area contributed by atoms with Gasteiger partial charge in [-0.25, -0.2) is 9.59 Å². The monoisotopic (exact) mass is 303 g/mol. The number of methoxy groups -OCH3 is 2. The van der Waals surface area contributed by atoms with Crippen LogP contribution >= 0.6 is 0 Å². The zero-order valence-corrected chi connectivity index (χ0v) is 12.7. The Kier molecular flexibility index (Phi) is 4.83. The maximum Gasteiger partial charge on any atom is 0.340 e. The molecule has 0 N–H and O–H groups in total. The molecule has 0 bridgehead atoms. The van der Waals surface area contributed by atoms with Crippen molar-refractivity contribution in [3.05, 3.63) is 36.0 Å². The van der Waals surface area contributed by atoms with E-state index < -0.39 is 11.9 Å². The second kappa shape index (κ2) is 6.80. The Morgan fingerprint density at radius 3 is 2.64 bits per heavy atom. The highest BCUT2D eigenvalue weighted by molar-refractivity contribution is 6.05. The molecule has 22 heavy (non-hydrogen) atoms. The Bertz CT molecular complexity index is 729. The van der Waals surface area contributed by atoms with Gasteiger partial charge in [0.25, 0.3) is 0 Å². The summed E-state index contributed by atoms with van der Waals surface area (Å²) in [5, 5.41) is 0.713. The summed E-state index contributed by atoms with van der Waals surface area (Å²) < 4.78 is 16.5. The molecule has 0 saturated heterocycles. The van der Waals surface area contributed by atoms with Crippen molar-refractivity contribution in [3.8, 4) is 5.75 Å². The smallest absolute Gasteiger partial charge is 0.340 e. The Hall–Kier alpha value is -2.76. The zero-order valence-electron chi connectivity index (χ0n) is 12.7. The number of hydrogen-bond donors (Lipinski definition) is 0. The number of carbonyl (C=O) groups is 2. The molecule has 2 rings (SSSR count). The molecule has 0 spiro atoms. The van der Waals surface area contributed by atoms with Gasteiger partial charge in [0.1, 0.15) is 5.75 Å². The van der Waals surface area contributed by atoms with E-state index in [-0.39, 0.29) is 0 Å². The average molecular weight is 303 g/mol. The predicted molar refractivity (Wildman–Crippen MR) is 81.8 cm³/mol. The van der Waals surface area contributed by atoms with Gasteiger partial charge < -0.3 is 18.8 Å². The van der Waals surface area contributed by atoms with Gasteiger partial charge in [0.2, 0.25) is 0 Å². The summed E-state index contributed by atoms with van der Waals surface area (Å²) in [6.07, 6.45) is 4.40. The standard InChI is InChI=1S/C16H17NO5/c1-4-22-11-5-6-12-13(16(19)21-3)10-17(14(12)9-11)8-7-15(18)20-2/h5-10H,4H2,1-3H3/b8-7+. The number of esters is 2. The molecule has 1 aromatic carbocycles. The summed E-state index contributed by atoms with van der Waals surface area (Å²) >= 11 is 0. The lowest BCUT2D eigenvalue weighted by molar-refractivity contribution is -0.134. The lowest BCUT2D eigenvalue weighted by Crippen LogP contribution is -1.99. The van der Waals surface area contributed by atoms with E-state index in [0.717, 1.165) is 5.52 Å². The molecule has 0 radical (unpaired) electrons. The number of ether oxygens (including phenoxy) is 3. The van der Waals surface area contributed by atoms with Crippen LogP contribution < -0.4 is 4.74 Å². The number of fused-ring (bicyclic) bond motifs is 1. The fourth-order valence-corrected chi connectivity index (χ4v) is 2.09. The molecule has 2 aromatic rings. The van der Waals surface area contributed by atoms with Crippen molar-refractivity contribution in [1.82, 2.24) is 4.57 Å². The minimum absolute atomic E-state index is 0.412. The largest absolute Gasteiger partial charge is 0.494 e. The van der Waals surface area contributed by atoms with Crippen LogP contribution in [0, 0.1) is 0 Å². The van der Waals surface area contributed by atoms with Crippen molar-refractivity contribution in [2.75, 3.05) is 20.8 Å². The Balaban J connectivity index is 2.57. The fourth-order valence-electron chi connectivity index (χ4n) is 2.09. The van der Waals surface area contributed by atoms with Gasteiger partial charge in [-0.1, -0.05) is 0 Å². The molecule has 6 heteroatoms. The number of aromatic nitrogens is 1. The molecule has 0 aliphatic rings. The minimum atomic E-state index is -0.484. The predicted octanol–water partition coefficient (Wildman–Crippen LogP) is 2.47. The lowest BCUT2D eigenvalue weighted by Gasteiger charge is -2.04. The Morgan fingerprint density at radius 2 is 2.00 bits per heavy atom. The summed E-state index contributed by atoms with van der Waals surface area (Å²) in [5.74, 6) is -0.251. The van der Waals surface area contributed by atoms with Crippen molar-refractivity contribution in [1.29, 1.82) is 0 Å². The van der Waals surface area contributed by atoms with Gasteiger partial charge in [0.15, 0.2) is 0 Å². The van der Waals surface area contributed by atoms with Gasteiger partial charge in [0, 0.05) is 29.9 Å². The first-order valence-electron chi connectivity index (χ1n) is 6.72. The first-order valence-corrected chi connectivity index (χ1v) is 6.72. The summed E-state index contributed by atoms with van der Waals surface area (Å²) in [6.45, 7) is 2.42. The van der Waals surface area contributed by atoms with Gasteiger partial charge in [-0.05, 0) is 19.1 Å². The molecular weight excluding hydrogens is 286 g/mol. The SMILES string of the molecule is CCOc1ccc2c(C(=O)OC)cn(/C=C/C(=O)OC)c2c1. The molecule has 0 aliphatic carbocycles. The van der Waals surface area contributed by atoms with Crippen molar-refractivity contribution in [2.45, 2.75) is 6.92 Å². The first kappa shape index (κ1) is 15.6. The second-order valence-electron chi connectivity index (χ2n) is 4.39. The summed E-state index contributed by atoms with van der Waals surface area (Å²) in [5.41, 5.74) is 1.14. The summed E-state index contributed by atoms with van der Waals surface area (Å²) in [7, 11) is 2.62. The van der Waals surface area contributed by atoms with Crippen LogP contribution in [0.2, 0.25) is 0 Å². The lowest BCUT2D eigenvalue weighted by atomic mass is 10.2. The van der Waals surface area contributed by atoms with Crippen LogP contribution in [0.1, 0.15) is 17.3 Å². The molecule has 116 valence electrons. The zero-order chi connectivity index (χ0) is 16.1. The number of hydrogen-bond acceptors (Lipinski definition) is 5. The first-order chi connectivity index (χ1) is 10.6. The van der Waals surface area contributed by atoms with E-state index in [9.17, 15) is 9.59 Å². The number of carbonyl (C=O) groups excluding carboxylic acids is 2. The van der Waals surface area contributed by atoms with Crippen LogP contribution in [0.3, 0.4) is 0 Å². The van der Waals surface area contributed by atoms with Gasteiger partial charge in [-0.3, -0.25) is 0 Å². The quantitative estimate of drug-likeness (QED) is 0.627. The van der Waals surface area contributed by atoms with Crippen molar-refractivity contribution in [3.63, 3.8) is 0 Å². The number of benzene rings is 1. The topological polar surface area (TPSA) is 66.8 Å². The van der Waals surface area contributed by atoms with E-state index in [4.69, 9.17) is 9.47 Å². The molecule has 0 saturated carbocycles. The molecule has 0 unspecified atom stereocenters. The molecule has 6 nitrogen and oxygen atoms in total. The van der Waals surface area contributed by atoms with Crippen LogP contribution in [0.15, 0.2) is 30.5 Å². The second-order valence-corrected chi connectivity index (χ2v) is 4.39. The van der Waals surface area contributed by atoms with Crippen molar-refractivity contribution < 1.29 is 23.8 Å². The van der Waals surface area contributed by atoms with Crippen molar-refractivity contribution >= 4 is 29.0 Å². The Morgan fingerprint density at radius 1 is 1.23 bits per heavy atom. The van der Waals surface area contributed by atoms with Crippen LogP contribution in [-0.2, 0) is 14.3 Å². The van der Waals surface area contributed by atoms with E-state index in [1.54, 1.807) is 29.0 Å². The van der Waals surface area contributed by atoms with Crippen molar-refractivity contribution in [2.24, 2.45) is 0 Å². The molecule has 1 aromatic heterocycles. The maximum absolute atomic E-state index is 11.9. The average Bonchev–Trinajstić information content (AvgIpc) is 2.90. The highest BCUT2D eigenvalue weighted by Crippen LogP contribution is 2.27. The van der Waals surface area contributed by atoms with E-state index in [2.05, 4.69) is 4.74 Å². The molecule has 0 amide bonds. The van der Waals surface area contributed by atoms with Gasteiger partial charge >= 0.3 is 11.9 Å². The Labute approximate surface area is 127 Å². The van der Waals surface area contributed by atoms with Crippen LogP contribution in [0.25, 0.3) is 17.1 Å². The third kappa shape index (κ3) is 3.11. The van der Waals surface area contributed by atoms with Gasteiger partial charge in [0.05, 0.1) is 31.9 Å². The van der Waals surface area contributed by atoms with E-state index >= 15 is 0 Å². The maximum atomic E-state index is 11.9. The minimum Gasteiger partial charge on any atom is -0.494 e. The third-order valence-electron chi connectivity index (χ3n) is 3.09. The normalized spacial score (nSPS) is 10.9. The molecule has 0 fully saturated rings. The fraction of sp³-hybridized carbons (Fsp3) is 0.250. The van der Waals surface area contributed by atoms with E-state index in [1.807, 2.05) is 6.92 Å². The van der Waals surface area contributed by atoms with E-state index in [0.29, 0.717) is 23.3 Å².